The van der Waals surface area contributed by atoms with Gasteiger partial charge in [-0.15, -0.1) is 0 Å². The minimum absolute atomic E-state index is 0.0102. The van der Waals surface area contributed by atoms with Crippen molar-refractivity contribution in [2.75, 3.05) is 13.2 Å². The van der Waals surface area contributed by atoms with Gasteiger partial charge in [0.2, 0.25) is 5.91 Å². The second-order valence-electron chi connectivity index (χ2n) is 26.7. The average molecular weight is 1200 g/mol. The molecule has 6 heteroatoms. The van der Waals surface area contributed by atoms with E-state index in [1.54, 1.807) is 6.08 Å². The molecule has 0 radical (unpaired) electrons. The molecule has 0 spiro atoms. The van der Waals surface area contributed by atoms with Crippen LogP contribution in [0.4, 0.5) is 0 Å². The molecule has 1 amide bonds. The molecule has 6 nitrogen and oxygen atoms in total. The number of carbonyl (C=O) groups excluding carboxylic acids is 2. The number of unbranched alkanes of at least 4 members (excludes halogenated alkanes) is 58. The van der Waals surface area contributed by atoms with Crippen molar-refractivity contribution >= 4 is 11.9 Å². The maximum Gasteiger partial charge on any atom is 0.305 e. The van der Waals surface area contributed by atoms with Crippen LogP contribution >= 0.6 is 0 Å². The minimum atomic E-state index is -0.840. The predicted octanol–water partition coefficient (Wildman–Crippen LogP) is 25.4. The van der Waals surface area contributed by atoms with Crippen molar-refractivity contribution in [3.63, 3.8) is 0 Å². The van der Waals surface area contributed by atoms with Gasteiger partial charge in [-0.3, -0.25) is 9.59 Å². The number of ether oxygens (including phenoxy) is 1. The Bertz CT molecular complexity index is 1380. The summed E-state index contributed by atoms with van der Waals surface area (Å²) in [6.45, 7) is 4.92. The first-order valence-corrected chi connectivity index (χ1v) is 38.8. The second kappa shape index (κ2) is 74.5. The Labute approximate surface area is 532 Å². The molecule has 2 atom stereocenters. The van der Waals surface area contributed by atoms with E-state index < -0.39 is 12.1 Å². The van der Waals surface area contributed by atoms with Crippen LogP contribution < -0.4 is 5.32 Å². The molecule has 2 unspecified atom stereocenters. The van der Waals surface area contributed by atoms with Crippen LogP contribution in [-0.4, -0.2) is 47.4 Å². The van der Waals surface area contributed by atoms with Gasteiger partial charge in [0.05, 0.1) is 25.4 Å². The smallest absolute Gasteiger partial charge is 0.305 e. The van der Waals surface area contributed by atoms with Crippen LogP contribution in [-0.2, 0) is 14.3 Å². The summed E-state index contributed by atoms with van der Waals surface area (Å²) in [7, 11) is 0. The van der Waals surface area contributed by atoms with Crippen molar-refractivity contribution in [3.8, 4) is 0 Å². The largest absolute Gasteiger partial charge is 0.466 e. The maximum atomic E-state index is 12.5. The number of rotatable bonds is 73. The number of allylic oxidation sites excluding steroid dienone is 5. The van der Waals surface area contributed by atoms with E-state index in [-0.39, 0.29) is 18.5 Å². The number of esters is 1. The van der Waals surface area contributed by atoms with E-state index in [4.69, 9.17) is 4.74 Å². The van der Waals surface area contributed by atoms with Gasteiger partial charge in [-0.25, -0.2) is 0 Å². The van der Waals surface area contributed by atoms with E-state index in [2.05, 4.69) is 43.5 Å². The quantitative estimate of drug-likeness (QED) is 0.0320. The van der Waals surface area contributed by atoms with Gasteiger partial charge < -0.3 is 20.3 Å². The van der Waals surface area contributed by atoms with Crippen molar-refractivity contribution in [1.82, 2.24) is 5.32 Å². The van der Waals surface area contributed by atoms with Gasteiger partial charge in [0.25, 0.3) is 0 Å². The number of aliphatic hydroxyl groups is 2. The lowest BCUT2D eigenvalue weighted by atomic mass is 10.0. The van der Waals surface area contributed by atoms with Crippen molar-refractivity contribution in [1.29, 1.82) is 0 Å². The molecule has 0 aliphatic rings. The molecule has 0 aliphatic heterocycles. The molecular formula is C79H151NO5. The molecule has 0 rings (SSSR count). The number of amides is 1. The van der Waals surface area contributed by atoms with Crippen molar-refractivity contribution in [3.05, 3.63) is 36.5 Å². The van der Waals surface area contributed by atoms with Crippen LogP contribution in [0.1, 0.15) is 431 Å². The van der Waals surface area contributed by atoms with Gasteiger partial charge in [0.1, 0.15) is 0 Å². The summed E-state index contributed by atoms with van der Waals surface area (Å²) in [6, 6.07) is -0.623. The molecule has 0 saturated carbocycles. The van der Waals surface area contributed by atoms with Crippen molar-refractivity contribution in [2.24, 2.45) is 0 Å². The topological polar surface area (TPSA) is 95.9 Å². The Kier molecular flexibility index (Phi) is 72.9. The lowest BCUT2D eigenvalue weighted by Crippen LogP contribution is -2.45. The zero-order chi connectivity index (χ0) is 61.3. The third-order valence-electron chi connectivity index (χ3n) is 18.2. The highest BCUT2D eigenvalue weighted by atomic mass is 16.5. The maximum absolute atomic E-state index is 12.5. The summed E-state index contributed by atoms with van der Waals surface area (Å²) in [5.74, 6) is -0.0494. The summed E-state index contributed by atoms with van der Waals surface area (Å²) >= 11 is 0. The van der Waals surface area contributed by atoms with E-state index >= 15 is 0 Å². The van der Waals surface area contributed by atoms with E-state index in [1.165, 1.54) is 353 Å². The summed E-state index contributed by atoms with van der Waals surface area (Å²) in [5, 5.41) is 23.2. The molecule has 3 N–H and O–H groups in total. The highest BCUT2D eigenvalue weighted by Gasteiger charge is 2.18. The van der Waals surface area contributed by atoms with Crippen molar-refractivity contribution in [2.45, 2.75) is 443 Å². The number of aliphatic hydroxyl groups excluding tert-OH is 2. The number of hydrogen-bond donors (Lipinski definition) is 3. The SMILES string of the molecule is CCCCCC/C=C\C/C=C\CCCCCCCC(=O)OCCCCCCCCCCCCCCCCCCCCCCCCCCCCCCCCCCCCCCCC(=O)NC(CO)C(O)/C=C/CCCCCCCCCCCCCCC. The third kappa shape index (κ3) is 71.0. The normalized spacial score (nSPS) is 12.7. The lowest BCUT2D eigenvalue weighted by Gasteiger charge is -2.20. The predicted molar refractivity (Wildman–Crippen MR) is 375 cm³/mol. The highest BCUT2D eigenvalue weighted by Crippen LogP contribution is 2.20. The van der Waals surface area contributed by atoms with Crippen LogP contribution in [0.5, 0.6) is 0 Å². The fourth-order valence-electron chi connectivity index (χ4n) is 12.3. The monoisotopic (exact) mass is 1190 g/mol. The zero-order valence-corrected chi connectivity index (χ0v) is 57.6. The Hall–Kier alpha value is -1.92. The molecule has 0 aliphatic carbocycles. The average Bonchev–Trinajstić information content (AvgIpc) is 3.52. The standard InChI is InChI=1S/C79H151NO5/c1-3-5-7-9-11-13-15-17-19-45-49-53-57-61-65-69-73-79(84)85-74-70-66-62-58-54-50-46-42-40-38-36-34-32-30-28-26-24-22-20-21-23-25-27-29-31-33-35-37-39-41-44-48-52-56-60-64-68-72-78(83)80-76(75-81)77(82)71-67-63-59-55-51-47-43-18-16-14-12-10-8-6-4-2/h13,15,19,45,67,71,76-77,81-82H,3-12,14,16-18,20-44,46-66,68-70,72-75H2,1-2H3,(H,80,83)/b15-13-,45-19-,71-67+. The van der Waals surface area contributed by atoms with E-state index in [1.807, 2.05) is 6.08 Å². The van der Waals surface area contributed by atoms with E-state index in [9.17, 15) is 19.8 Å². The van der Waals surface area contributed by atoms with Gasteiger partial charge in [-0.2, -0.15) is 0 Å². The van der Waals surface area contributed by atoms with Crippen molar-refractivity contribution < 1.29 is 24.5 Å². The Morgan fingerprint density at radius 2 is 0.588 bits per heavy atom. The van der Waals surface area contributed by atoms with Gasteiger partial charge in [-0.05, 0) is 64.2 Å². The minimum Gasteiger partial charge on any atom is -0.466 e. The first kappa shape index (κ1) is 83.1. The van der Waals surface area contributed by atoms with Crippen LogP contribution in [0.25, 0.3) is 0 Å². The fraction of sp³-hybridized carbons (Fsp3) is 0.899. The summed E-state index contributed by atoms with van der Waals surface area (Å²) in [5.41, 5.74) is 0. The van der Waals surface area contributed by atoms with Crippen LogP contribution in [0.2, 0.25) is 0 Å². The molecule has 0 heterocycles. The van der Waals surface area contributed by atoms with Gasteiger partial charge in [0.15, 0.2) is 0 Å². The van der Waals surface area contributed by atoms with Gasteiger partial charge >= 0.3 is 5.97 Å². The second-order valence-corrected chi connectivity index (χ2v) is 26.7. The summed E-state index contributed by atoms with van der Waals surface area (Å²) < 4.78 is 5.50. The molecular weight excluding hydrogens is 1040 g/mol. The number of hydrogen-bond acceptors (Lipinski definition) is 5. The molecule has 0 fully saturated rings. The summed E-state index contributed by atoms with van der Waals surface area (Å²) in [6.07, 6.45) is 97.0. The molecule has 0 aromatic carbocycles. The highest BCUT2D eigenvalue weighted by molar-refractivity contribution is 5.76. The Balaban J connectivity index is 3.31. The molecule has 85 heavy (non-hydrogen) atoms. The molecule has 0 bridgehead atoms. The van der Waals surface area contributed by atoms with Crippen LogP contribution in [0, 0.1) is 0 Å². The number of nitrogens with one attached hydrogen (secondary N) is 1. The first-order chi connectivity index (χ1) is 42.0. The molecule has 0 saturated heterocycles. The van der Waals surface area contributed by atoms with Crippen LogP contribution in [0.15, 0.2) is 36.5 Å². The molecule has 502 valence electrons. The van der Waals surface area contributed by atoms with E-state index in [0.717, 1.165) is 51.4 Å². The number of carbonyl (C=O) groups is 2. The zero-order valence-electron chi connectivity index (χ0n) is 57.6. The Morgan fingerprint density at radius 1 is 0.329 bits per heavy atom. The van der Waals surface area contributed by atoms with Gasteiger partial charge in [0, 0.05) is 12.8 Å². The van der Waals surface area contributed by atoms with E-state index in [0.29, 0.717) is 19.4 Å². The molecule has 0 aromatic rings. The third-order valence-corrected chi connectivity index (χ3v) is 18.2. The lowest BCUT2D eigenvalue weighted by molar-refractivity contribution is -0.143. The molecule has 0 aromatic heterocycles. The Morgan fingerprint density at radius 3 is 0.906 bits per heavy atom. The summed E-state index contributed by atoms with van der Waals surface area (Å²) in [4.78, 5) is 24.6. The van der Waals surface area contributed by atoms with Gasteiger partial charge in [-0.1, -0.05) is 391 Å². The van der Waals surface area contributed by atoms with Crippen LogP contribution in [0.3, 0.4) is 0 Å². The first-order valence-electron chi connectivity index (χ1n) is 38.8. The fourth-order valence-corrected chi connectivity index (χ4v) is 12.3.